The van der Waals surface area contributed by atoms with Crippen LogP contribution in [0.4, 0.5) is 0 Å². The highest BCUT2D eigenvalue weighted by Gasteiger charge is 2.38. The Morgan fingerprint density at radius 2 is 1.86 bits per heavy atom. The molecule has 4 aliphatic heterocycles. The summed E-state index contributed by atoms with van der Waals surface area (Å²) in [7, 11) is 1.88. The van der Waals surface area contributed by atoms with E-state index in [2.05, 4.69) is 14.8 Å². The van der Waals surface area contributed by atoms with Crippen molar-refractivity contribution < 1.29 is 4.79 Å². The van der Waals surface area contributed by atoms with E-state index in [1.807, 2.05) is 16.5 Å². The summed E-state index contributed by atoms with van der Waals surface area (Å²) in [5.74, 6) is 0.998. The third-order valence-electron chi connectivity index (χ3n) is 5.73. The SMILES string of the molecule is Cn1cncc1C(=O)N1CCN([C@H]2CN3CCC2CC3)CC1. The van der Waals surface area contributed by atoms with Crippen LogP contribution in [0.1, 0.15) is 23.3 Å². The van der Waals surface area contributed by atoms with Gasteiger partial charge in [-0.2, -0.15) is 0 Å². The first-order valence-electron chi connectivity index (χ1n) is 8.44. The van der Waals surface area contributed by atoms with Crippen molar-refractivity contribution in [1.82, 2.24) is 24.3 Å². The third kappa shape index (κ3) is 2.44. The van der Waals surface area contributed by atoms with Gasteiger partial charge in [0.05, 0.1) is 12.5 Å². The molecular weight excluding hydrogens is 278 g/mol. The zero-order valence-corrected chi connectivity index (χ0v) is 13.3. The summed E-state index contributed by atoms with van der Waals surface area (Å²) in [5, 5.41) is 0. The Bertz CT molecular complexity index is 540. The molecule has 6 nitrogen and oxygen atoms in total. The standard InChI is InChI=1S/C16H25N5O/c1-18-12-17-10-14(18)16(22)21-8-6-20(7-9-21)15-11-19-4-2-13(15)3-5-19/h10,12-13,15H,2-9,11H2,1H3/t15-/m0/s1. The highest BCUT2D eigenvalue weighted by Crippen LogP contribution is 2.31. The molecule has 5 rings (SSSR count). The van der Waals surface area contributed by atoms with Crippen LogP contribution in [0.5, 0.6) is 0 Å². The molecule has 0 radical (unpaired) electrons. The van der Waals surface area contributed by atoms with Gasteiger partial charge in [0.2, 0.25) is 0 Å². The van der Waals surface area contributed by atoms with Crippen LogP contribution in [0.3, 0.4) is 0 Å². The van der Waals surface area contributed by atoms with E-state index in [1.54, 1.807) is 12.5 Å². The number of aromatic nitrogens is 2. The first kappa shape index (κ1) is 14.2. The fourth-order valence-electron chi connectivity index (χ4n) is 4.33. The summed E-state index contributed by atoms with van der Waals surface area (Å²) in [6.07, 6.45) is 6.08. The molecule has 0 saturated carbocycles. The molecule has 4 aliphatic rings. The molecule has 0 spiro atoms. The van der Waals surface area contributed by atoms with Crippen molar-refractivity contribution in [2.75, 3.05) is 45.8 Å². The highest BCUT2D eigenvalue weighted by atomic mass is 16.2. The van der Waals surface area contributed by atoms with E-state index in [0.717, 1.165) is 38.1 Å². The Kier molecular flexibility index (Phi) is 3.66. The van der Waals surface area contributed by atoms with Crippen LogP contribution in [-0.4, -0.2) is 82.0 Å². The number of piperazine rings is 1. The van der Waals surface area contributed by atoms with Crippen LogP contribution in [0, 0.1) is 5.92 Å². The van der Waals surface area contributed by atoms with Crippen molar-refractivity contribution in [1.29, 1.82) is 0 Å². The van der Waals surface area contributed by atoms with Gasteiger partial charge < -0.3 is 14.4 Å². The van der Waals surface area contributed by atoms with Crippen LogP contribution < -0.4 is 0 Å². The maximum atomic E-state index is 12.5. The lowest BCUT2D eigenvalue weighted by atomic mass is 9.83. The molecule has 6 heteroatoms. The average molecular weight is 303 g/mol. The molecule has 5 heterocycles. The predicted octanol–water partition coefficient (Wildman–Crippen LogP) is 0.272. The first-order chi connectivity index (χ1) is 10.7. The van der Waals surface area contributed by atoms with Gasteiger partial charge in [-0.3, -0.25) is 9.69 Å². The normalized spacial score (nSPS) is 32.4. The molecule has 1 aromatic rings. The number of rotatable bonds is 2. The fraction of sp³-hybridized carbons (Fsp3) is 0.750. The fourth-order valence-corrected chi connectivity index (χ4v) is 4.33. The quantitative estimate of drug-likeness (QED) is 0.787. The van der Waals surface area contributed by atoms with Crippen molar-refractivity contribution in [3.8, 4) is 0 Å². The van der Waals surface area contributed by atoms with Gasteiger partial charge in [0.15, 0.2) is 0 Å². The molecule has 0 aromatic carbocycles. The van der Waals surface area contributed by atoms with Gasteiger partial charge in [-0.15, -0.1) is 0 Å². The molecule has 1 aromatic heterocycles. The molecule has 22 heavy (non-hydrogen) atoms. The Morgan fingerprint density at radius 1 is 1.14 bits per heavy atom. The molecule has 2 bridgehead atoms. The van der Waals surface area contributed by atoms with Crippen molar-refractivity contribution in [2.24, 2.45) is 13.0 Å². The van der Waals surface area contributed by atoms with Gasteiger partial charge in [0.1, 0.15) is 5.69 Å². The molecule has 4 fully saturated rings. The van der Waals surface area contributed by atoms with Crippen LogP contribution in [0.15, 0.2) is 12.5 Å². The molecule has 1 atom stereocenters. The van der Waals surface area contributed by atoms with E-state index >= 15 is 0 Å². The van der Waals surface area contributed by atoms with Crippen LogP contribution in [0.2, 0.25) is 0 Å². The van der Waals surface area contributed by atoms with Gasteiger partial charge in [-0.25, -0.2) is 4.98 Å². The van der Waals surface area contributed by atoms with Gasteiger partial charge >= 0.3 is 0 Å². The molecule has 0 aliphatic carbocycles. The van der Waals surface area contributed by atoms with Crippen molar-refractivity contribution in [3.63, 3.8) is 0 Å². The van der Waals surface area contributed by atoms with Crippen molar-refractivity contribution in [2.45, 2.75) is 18.9 Å². The lowest BCUT2D eigenvalue weighted by molar-refractivity contribution is -0.0132. The summed E-state index contributed by atoms with van der Waals surface area (Å²) in [6, 6.07) is 0.719. The zero-order valence-electron chi connectivity index (χ0n) is 13.3. The predicted molar refractivity (Wildman–Crippen MR) is 83.6 cm³/mol. The number of piperidine rings is 3. The monoisotopic (exact) mass is 303 g/mol. The number of imidazole rings is 1. The minimum absolute atomic E-state index is 0.119. The van der Waals surface area contributed by atoms with Crippen LogP contribution >= 0.6 is 0 Å². The van der Waals surface area contributed by atoms with Gasteiger partial charge in [0, 0.05) is 45.8 Å². The third-order valence-corrected chi connectivity index (χ3v) is 5.73. The highest BCUT2D eigenvalue weighted by molar-refractivity contribution is 5.92. The molecule has 120 valence electrons. The Hall–Kier alpha value is -1.40. The van der Waals surface area contributed by atoms with E-state index in [1.165, 1.54) is 32.5 Å². The van der Waals surface area contributed by atoms with Gasteiger partial charge in [-0.1, -0.05) is 0 Å². The number of nitrogens with zero attached hydrogens (tertiary/aromatic N) is 5. The van der Waals surface area contributed by atoms with E-state index in [0.29, 0.717) is 5.69 Å². The van der Waals surface area contributed by atoms with E-state index in [4.69, 9.17) is 0 Å². The smallest absolute Gasteiger partial charge is 0.272 e. The second-order valence-electron chi connectivity index (χ2n) is 6.92. The Labute approximate surface area is 131 Å². The lowest BCUT2D eigenvalue weighted by Gasteiger charge is -2.51. The molecule has 0 N–H and O–H groups in total. The summed E-state index contributed by atoms with van der Waals surface area (Å²) < 4.78 is 1.81. The molecule has 0 unspecified atom stereocenters. The number of carbonyl (C=O) groups excluding carboxylic acids is 1. The van der Waals surface area contributed by atoms with Crippen LogP contribution in [-0.2, 0) is 7.05 Å². The molecular formula is C16H25N5O. The maximum Gasteiger partial charge on any atom is 0.272 e. The summed E-state index contributed by atoms with van der Waals surface area (Å²) >= 11 is 0. The number of aryl methyl sites for hydroxylation is 1. The van der Waals surface area contributed by atoms with Gasteiger partial charge in [-0.05, 0) is 31.8 Å². The number of hydrogen-bond donors (Lipinski definition) is 0. The molecule has 1 amide bonds. The minimum Gasteiger partial charge on any atom is -0.335 e. The van der Waals surface area contributed by atoms with Crippen molar-refractivity contribution >= 4 is 5.91 Å². The zero-order chi connectivity index (χ0) is 15.1. The lowest BCUT2D eigenvalue weighted by Crippen LogP contribution is -2.61. The topological polar surface area (TPSA) is 44.6 Å². The molecule has 4 saturated heterocycles. The number of amides is 1. The summed E-state index contributed by atoms with van der Waals surface area (Å²) in [5.41, 5.74) is 0.691. The van der Waals surface area contributed by atoms with Crippen LogP contribution in [0.25, 0.3) is 0 Å². The number of fused-ring (bicyclic) bond motifs is 3. The Morgan fingerprint density at radius 3 is 2.41 bits per heavy atom. The van der Waals surface area contributed by atoms with E-state index < -0.39 is 0 Å². The number of carbonyl (C=O) groups is 1. The first-order valence-corrected chi connectivity index (χ1v) is 8.44. The minimum atomic E-state index is 0.119. The van der Waals surface area contributed by atoms with E-state index in [9.17, 15) is 4.79 Å². The second-order valence-corrected chi connectivity index (χ2v) is 6.92. The van der Waals surface area contributed by atoms with Crippen molar-refractivity contribution in [3.05, 3.63) is 18.2 Å². The number of hydrogen-bond acceptors (Lipinski definition) is 4. The Balaban J connectivity index is 1.37. The van der Waals surface area contributed by atoms with E-state index in [-0.39, 0.29) is 5.91 Å². The largest absolute Gasteiger partial charge is 0.335 e. The summed E-state index contributed by atoms with van der Waals surface area (Å²) in [4.78, 5) is 23.8. The second kappa shape index (κ2) is 5.66. The average Bonchev–Trinajstić information content (AvgIpc) is 3.01. The maximum absolute atomic E-state index is 12.5. The summed E-state index contributed by atoms with van der Waals surface area (Å²) in [6.45, 7) is 7.53. The van der Waals surface area contributed by atoms with Gasteiger partial charge in [0.25, 0.3) is 5.91 Å².